The second-order valence-corrected chi connectivity index (χ2v) is 5.60. The number of hydrogen-bond acceptors (Lipinski definition) is 3. The van der Waals surface area contributed by atoms with Crippen LogP contribution in [0.2, 0.25) is 0 Å². The second kappa shape index (κ2) is 6.68. The van der Waals surface area contributed by atoms with Gasteiger partial charge in [0, 0.05) is 11.6 Å². The molecule has 0 atom stereocenters. The number of aromatic nitrogens is 2. The molecule has 0 N–H and O–H groups in total. The molecule has 4 nitrogen and oxygen atoms in total. The third-order valence-electron chi connectivity index (χ3n) is 3.97. The van der Waals surface area contributed by atoms with Crippen molar-refractivity contribution in [3.05, 3.63) is 52.8 Å². The Morgan fingerprint density at radius 2 is 1.62 bits per heavy atom. The molecule has 1 aromatic carbocycles. The SMILES string of the molecule is O=c1ccc(-c2ccccc2)nn1CN1CCCCCC1. The highest BCUT2D eigenvalue weighted by Crippen LogP contribution is 2.14. The van der Waals surface area contributed by atoms with E-state index in [1.807, 2.05) is 30.3 Å². The lowest BCUT2D eigenvalue weighted by Gasteiger charge is -2.20. The molecule has 21 heavy (non-hydrogen) atoms. The molecule has 2 heterocycles. The van der Waals surface area contributed by atoms with Crippen LogP contribution < -0.4 is 5.56 Å². The highest BCUT2D eigenvalue weighted by Gasteiger charge is 2.11. The topological polar surface area (TPSA) is 38.1 Å². The molecule has 1 aromatic heterocycles. The van der Waals surface area contributed by atoms with Crippen LogP contribution in [0.1, 0.15) is 25.7 Å². The van der Waals surface area contributed by atoms with E-state index in [1.165, 1.54) is 25.7 Å². The number of nitrogens with zero attached hydrogens (tertiary/aromatic N) is 3. The summed E-state index contributed by atoms with van der Waals surface area (Å²) >= 11 is 0. The monoisotopic (exact) mass is 283 g/mol. The van der Waals surface area contributed by atoms with E-state index in [9.17, 15) is 4.79 Å². The molecule has 1 saturated heterocycles. The van der Waals surface area contributed by atoms with Crippen LogP contribution >= 0.6 is 0 Å². The Balaban J connectivity index is 1.83. The Hall–Kier alpha value is -1.94. The van der Waals surface area contributed by atoms with Crippen molar-refractivity contribution in [3.63, 3.8) is 0 Å². The summed E-state index contributed by atoms with van der Waals surface area (Å²) in [6.07, 6.45) is 5.02. The van der Waals surface area contributed by atoms with E-state index in [4.69, 9.17) is 0 Å². The molecule has 0 amide bonds. The van der Waals surface area contributed by atoms with Crippen LogP contribution in [0.15, 0.2) is 47.3 Å². The van der Waals surface area contributed by atoms with Crippen molar-refractivity contribution in [2.24, 2.45) is 0 Å². The van der Waals surface area contributed by atoms with E-state index in [0.29, 0.717) is 6.67 Å². The first-order valence-electron chi connectivity index (χ1n) is 7.69. The van der Waals surface area contributed by atoms with Gasteiger partial charge in [-0.25, -0.2) is 4.68 Å². The number of hydrogen-bond donors (Lipinski definition) is 0. The first kappa shape index (κ1) is 14.0. The summed E-state index contributed by atoms with van der Waals surface area (Å²) in [5.74, 6) is 0. The first-order chi connectivity index (χ1) is 10.3. The van der Waals surface area contributed by atoms with Crippen molar-refractivity contribution in [1.82, 2.24) is 14.7 Å². The van der Waals surface area contributed by atoms with Crippen molar-refractivity contribution in [2.75, 3.05) is 13.1 Å². The van der Waals surface area contributed by atoms with Gasteiger partial charge in [-0.3, -0.25) is 9.69 Å². The third kappa shape index (κ3) is 3.58. The van der Waals surface area contributed by atoms with Crippen molar-refractivity contribution in [3.8, 4) is 11.3 Å². The normalized spacial score (nSPS) is 16.6. The zero-order valence-electron chi connectivity index (χ0n) is 12.2. The first-order valence-corrected chi connectivity index (χ1v) is 7.69. The van der Waals surface area contributed by atoms with Crippen LogP contribution in [0.5, 0.6) is 0 Å². The Kier molecular flexibility index (Phi) is 4.46. The molecule has 1 fully saturated rings. The maximum absolute atomic E-state index is 12.0. The highest BCUT2D eigenvalue weighted by molar-refractivity contribution is 5.57. The molecule has 0 unspecified atom stereocenters. The number of benzene rings is 1. The van der Waals surface area contributed by atoms with Gasteiger partial charge >= 0.3 is 0 Å². The van der Waals surface area contributed by atoms with E-state index >= 15 is 0 Å². The molecule has 0 saturated carbocycles. The van der Waals surface area contributed by atoms with Crippen LogP contribution in [0.4, 0.5) is 0 Å². The third-order valence-corrected chi connectivity index (χ3v) is 3.97. The van der Waals surface area contributed by atoms with Gasteiger partial charge in [0.15, 0.2) is 0 Å². The van der Waals surface area contributed by atoms with E-state index < -0.39 is 0 Å². The van der Waals surface area contributed by atoms with Crippen LogP contribution in [-0.4, -0.2) is 27.8 Å². The van der Waals surface area contributed by atoms with Crippen molar-refractivity contribution in [2.45, 2.75) is 32.4 Å². The lowest BCUT2D eigenvalue weighted by Crippen LogP contribution is -2.34. The Bertz CT molecular complexity index is 628. The minimum absolute atomic E-state index is 0.0288. The minimum Gasteiger partial charge on any atom is -0.284 e. The Labute approximate surface area is 125 Å². The predicted molar refractivity (Wildman–Crippen MR) is 84.0 cm³/mol. The molecule has 0 bridgehead atoms. The number of rotatable bonds is 3. The van der Waals surface area contributed by atoms with Gasteiger partial charge in [0.25, 0.3) is 5.56 Å². The van der Waals surface area contributed by atoms with Gasteiger partial charge in [-0.1, -0.05) is 43.2 Å². The molecule has 3 rings (SSSR count). The molecule has 0 spiro atoms. The molecule has 1 aliphatic heterocycles. The minimum atomic E-state index is -0.0288. The average Bonchev–Trinajstić information content (AvgIpc) is 2.79. The molecule has 0 radical (unpaired) electrons. The van der Waals surface area contributed by atoms with Crippen LogP contribution in [0.3, 0.4) is 0 Å². The second-order valence-electron chi connectivity index (χ2n) is 5.60. The largest absolute Gasteiger partial charge is 0.284 e. The summed E-state index contributed by atoms with van der Waals surface area (Å²) in [4.78, 5) is 14.4. The molecule has 110 valence electrons. The molecule has 2 aromatic rings. The number of likely N-dealkylation sites (tertiary alicyclic amines) is 1. The van der Waals surface area contributed by atoms with Gasteiger partial charge in [0.1, 0.15) is 0 Å². The Morgan fingerprint density at radius 3 is 2.33 bits per heavy atom. The molecule has 0 aliphatic carbocycles. The zero-order valence-corrected chi connectivity index (χ0v) is 12.2. The van der Waals surface area contributed by atoms with Crippen LogP contribution in [-0.2, 0) is 6.67 Å². The molecular formula is C17H21N3O. The van der Waals surface area contributed by atoms with E-state index in [0.717, 1.165) is 24.3 Å². The van der Waals surface area contributed by atoms with Gasteiger partial charge in [-0.15, -0.1) is 0 Å². The lowest BCUT2D eigenvalue weighted by atomic mass is 10.1. The predicted octanol–water partition coefficient (Wildman–Crippen LogP) is 2.74. The summed E-state index contributed by atoms with van der Waals surface area (Å²) < 4.78 is 1.59. The summed E-state index contributed by atoms with van der Waals surface area (Å²) in [6, 6.07) is 13.4. The highest BCUT2D eigenvalue weighted by atomic mass is 16.1. The quantitative estimate of drug-likeness (QED) is 0.869. The fourth-order valence-corrected chi connectivity index (χ4v) is 2.78. The molecule has 1 aliphatic rings. The van der Waals surface area contributed by atoms with Crippen molar-refractivity contribution < 1.29 is 0 Å². The summed E-state index contributed by atoms with van der Waals surface area (Å²) in [7, 11) is 0. The van der Waals surface area contributed by atoms with E-state index in [1.54, 1.807) is 16.8 Å². The summed E-state index contributed by atoms with van der Waals surface area (Å²) in [5.41, 5.74) is 1.87. The smallest absolute Gasteiger partial charge is 0.268 e. The molecule has 4 heteroatoms. The van der Waals surface area contributed by atoms with E-state index in [-0.39, 0.29) is 5.56 Å². The van der Waals surface area contributed by atoms with Crippen molar-refractivity contribution in [1.29, 1.82) is 0 Å². The van der Waals surface area contributed by atoms with Gasteiger partial charge in [-0.05, 0) is 32.0 Å². The average molecular weight is 283 g/mol. The van der Waals surface area contributed by atoms with Crippen LogP contribution in [0, 0.1) is 0 Å². The maximum atomic E-state index is 12.0. The fourth-order valence-electron chi connectivity index (χ4n) is 2.78. The fraction of sp³-hybridized carbons (Fsp3) is 0.412. The summed E-state index contributed by atoms with van der Waals surface area (Å²) in [6.45, 7) is 2.72. The van der Waals surface area contributed by atoms with Gasteiger partial charge < -0.3 is 0 Å². The van der Waals surface area contributed by atoms with Gasteiger partial charge in [-0.2, -0.15) is 5.10 Å². The summed E-state index contributed by atoms with van der Waals surface area (Å²) in [5, 5.41) is 4.53. The van der Waals surface area contributed by atoms with Crippen LogP contribution in [0.25, 0.3) is 11.3 Å². The zero-order chi connectivity index (χ0) is 14.5. The van der Waals surface area contributed by atoms with Gasteiger partial charge in [0.05, 0.1) is 12.4 Å². The molecular weight excluding hydrogens is 262 g/mol. The van der Waals surface area contributed by atoms with E-state index in [2.05, 4.69) is 10.00 Å². The van der Waals surface area contributed by atoms with Gasteiger partial charge in [0.2, 0.25) is 0 Å². The maximum Gasteiger partial charge on any atom is 0.268 e. The Morgan fingerprint density at radius 1 is 0.905 bits per heavy atom. The standard InChI is InChI=1S/C17H21N3O/c21-17-11-10-16(15-8-4-3-5-9-15)18-20(17)14-19-12-6-1-2-7-13-19/h3-5,8-11H,1-2,6-7,12-14H2. The lowest BCUT2D eigenvalue weighted by molar-refractivity contribution is 0.210. The van der Waals surface area contributed by atoms with Crippen molar-refractivity contribution >= 4 is 0 Å².